The minimum atomic E-state index is -0.818. The van der Waals surface area contributed by atoms with Crippen molar-refractivity contribution in [1.82, 2.24) is 9.97 Å². The number of aromatic amines is 1. The van der Waals surface area contributed by atoms with E-state index in [1.54, 1.807) is 13.3 Å². The minimum Gasteiger partial charge on any atom is -0.497 e. The topological polar surface area (TPSA) is 107 Å². The summed E-state index contributed by atoms with van der Waals surface area (Å²) >= 11 is 0. The Bertz CT molecular complexity index is 795. The molecule has 6 nitrogen and oxygen atoms in total. The molecule has 0 fully saturated rings. The number of aryl methyl sites for hydroxylation is 1. The number of methoxy groups -OCH3 is 1. The third-order valence-corrected chi connectivity index (χ3v) is 3.38. The molecule has 3 aromatic rings. The lowest BCUT2D eigenvalue weighted by molar-refractivity contribution is -0.136. The van der Waals surface area contributed by atoms with Crippen LogP contribution in [0.3, 0.4) is 0 Å². The molecule has 4 N–H and O–H groups in total. The van der Waals surface area contributed by atoms with Gasteiger partial charge in [-0.2, -0.15) is 0 Å². The van der Waals surface area contributed by atoms with Crippen LogP contribution in [-0.4, -0.2) is 33.6 Å². The average Bonchev–Trinajstić information content (AvgIpc) is 2.83. The van der Waals surface area contributed by atoms with Crippen LogP contribution < -0.4 is 4.74 Å². The summed E-state index contributed by atoms with van der Waals surface area (Å²) in [7, 11) is 1.63. The standard InChI is InChI=1S/C15H14N2O3.H2O/c1-20-9-2-3-10-11-6-7-16-12(4-5-14(18)19)15(11)17-13(10)8-9;/h2-3,6-8,17H,4-5H2,1H3,(H,18,19);1H2. The van der Waals surface area contributed by atoms with Crippen molar-refractivity contribution in [3.8, 4) is 5.75 Å². The number of pyridine rings is 1. The maximum absolute atomic E-state index is 10.7. The molecule has 21 heavy (non-hydrogen) atoms. The second-order valence-corrected chi connectivity index (χ2v) is 4.61. The largest absolute Gasteiger partial charge is 0.497 e. The first kappa shape index (κ1) is 14.8. The normalized spacial score (nSPS) is 10.5. The van der Waals surface area contributed by atoms with Gasteiger partial charge in [0.25, 0.3) is 0 Å². The van der Waals surface area contributed by atoms with Crippen molar-refractivity contribution in [2.24, 2.45) is 0 Å². The summed E-state index contributed by atoms with van der Waals surface area (Å²) in [5, 5.41) is 10.9. The lowest BCUT2D eigenvalue weighted by Crippen LogP contribution is -1.99. The van der Waals surface area contributed by atoms with Crippen LogP contribution in [0.25, 0.3) is 21.8 Å². The van der Waals surface area contributed by atoms with E-state index in [2.05, 4.69) is 9.97 Å². The zero-order chi connectivity index (χ0) is 14.1. The number of fused-ring (bicyclic) bond motifs is 3. The molecule has 0 saturated carbocycles. The van der Waals surface area contributed by atoms with E-state index in [1.807, 2.05) is 24.3 Å². The number of rotatable bonds is 4. The van der Waals surface area contributed by atoms with Crippen molar-refractivity contribution in [2.45, 2.75) is 12.8 Å². The fourth-order valence-corrected chi connectivity index (χ4v) is 2.41. The van der Waals surface area contributed by atoms with Crippen LogP contribution in [0.5, 0.6) is 5.75 Å². The van der Waals surface area contributed by atoms with Gasteiger partial charge in [0.1, 0.15) is 5.75 Å². The zero-order valence-electron chi connectivity index (χ0n) is 11.5. The van der Waals surface area contributed by atoms with Gasteiger partial charge in [-0.05, 0) is 18.2 Å². The Morgan fingerprint density at radius 1 is 1.33 bits per heavy atom. The molecule has 110 valence electrons. The Morgan fingerprint density at radius 3 is 2.86 bits per heavy atom. The van der Waals surface area contributed by atoms with Gasteiger partial charge < -0.3 is 20.3 Å². The molecular weight excluding hydrogens is 272 g/mol. The average molecular weight is 288 g/mol. The number of ether oxygens (including phenoxy) is 1. The van der Waals surface area contributed by atoms with Gasteiger partial charge in [0, 0.05) is 29.5 Å². The molecule has 2 heterocycles. The molecule has 6 heteroatoms. The van der Waals surface area contributed by atoms with Crippen molar-refractivity contribution in [3.63, 3.8) is 0 Å². The first-order valence-electron chi connectivity index (χ1n) is 6.34. The second kappa shape index (κ2) is 5.80. The first-order chi connectivity index (χ1) is 9.69. The molecule has 0 aliphatic rings. The zero-order valence-corrected chi connectivity index (χ0v) is 11.5. The van der Waals surface area contributed by atoms with Crippen molar-refractivity contribution < 1.29 is 20.1 Å². The predicted molar refractivity (Wildman–Crippen MR) is 79.7 cm³/mol. The van der Waals surface area contributed by atoms with E-state index in [9.17, 15) is 4.79 Å². The Morgan fingerprint density at radius 2 is 2.14 bits per heavy atom. The van der Waals surface area contributed by atoms with Crippen molar-refractivity contribution in [2.75, 3.05) is 7.11 Å². The summed E-state index contributed by atoms with van der Waals surface area (Å²) in [6.45, 7) is 0. The van der Waals surface area contributed by atoms with E-state index in [1.165, 1.54) is 0 Å². The van der Waals surface area contributed by atoms with Gasteiger partial charge in [0.2, 0.25) is 0 Å². The van der Waals surface area contributed by atoms with Crippen LogP contribution in [0.1, 0.15) is 12.1 Å². The number of aliphatic carboxylic acids is 1. The number of nitrogens with zero attached hydrogens (tertiary/aromatic N) is 1. The molecular formula is C15H16N2O4. The number of benzene rings is 1. The minimum absolute atomic E-state index is 0. The smallest absolute Gasteiger partial charge is 0.303 e. The summed E-state index contributed by atoms with van der Waals surface area (Å²) in [6.07, 6.45) is 2.21. The SMILES string of the molecule is COc1ccc2c(c1)[nH]c1c(CCC(=O)O)nccc12.O. The maximum atomic E-state index is 10.7. The summed E-state index contributed by atoms with van der Waals surface area (Å²) in [5.41, 5.74) is 2.64. The highest BCUT2D eigenvalue weighted by molar-refractivity contribution is 6.08. The highest BCUT2D eigenvalue weighted by Crippen LogP contribution is 2.29. The van der Waals surface area contributed by atoms with Crippen LogP contribution in [0, 0.1) is 0 Å². The second-order valence-electron chi connectivity index (χ2n) is 4.61. The summed E-state index contributed by atoms with van der Waals surface area (Å²) in [6, 6.07) is 7.77. The number of carbonyl (C=O) groups is 1. The molecule has 0 amide bonds. The first-order valence-corrected chi connectivity index (χ1v) is 6.34. The number of carboxylic acids is 1. The lowest BCUT2D eigenvalue weighted by Gasteiger charge is -1.99. The van der Waals surface area contributed by atoms with Crippen LogP contribution >= 0.6 is 0 Å². The monoisotopic (exact) mass is 288 g/mol. The number of carboxylic acid groups (broad SMARTS) is 1. The van der Waals surface area contributed by atoms with Crippen molar-refractivity contribution in [3.05, 3.63) is 36.2 Å². The molecule has 0 saturated heterocycles. The third kappa shape index (κ3) is 2.66. The van der Waals surface area contributed by atoms with Crippen LogP contribution in [-0.2, 0) is 11.2 Å². The quantitative estimate of drug-likeness (QED) is 0.764. The Hall–Kier alpha value is -2.60. The van der Waals surface area contributed by atoms with E-state index < -0.39 is 5.97 Å². The van der Waals surface area contributed by atoms with Gasteiger partial charge in [-0.3, -0.25) is 9.78 Å². The van der Waals surface area contributed by atoms with Gasteiger partial charge >= 0.3 is 5.97 Å². The molecule has 0 atom stereocenters. The van der Waals surface area contributed by atoms with E-state index >= 15 is 0 Å². The molecule has 3 rings (SSSR count). The molecule has 2 aromatic heterocycles. The maximum Gasteiger partial charge on any atom is 0.303 e. The van der Waals surface area contributed by atoms with Crippen LogP contribution in [0.2, 0.25) is 0 Å². The number of aromatic nitrogens is 2. The fourth-order valence-electron chi connectivity index (χ4n) is 2.41. The number of H-pyrrole nitrogens is 1. The highest BCUT2D eigenvalue weighted by atomic mass is 16.5. The number of nitrogens with one attached hydrogen (secondary N) is 1. The molecule has 1 aromatic carbocycles. The van der Waals surface area contributed by atoms with Crippen LogP contribution in [0.4, 0.5) is 0 Å². The Kier molecular flexibility index (Phi) is 4.09. The Balaban J connectivity index is 0.00000161. The summed E-state index contributed by atoms with van der Waals surface area (Å²) < 4.78 is 5.21. The van der Waals surface area contributed by atoms with E-state index in [-0.39, 0.29) is 11.9 Å². The van der Waals surface area contributed by atoms with E-state index in [0.717, 1.165) is 33.2 Å². The lowest BCUT2D eigenvalue weighted by atomic mass is 10.1. The molecule has 0 spiro atoms. The summed E-state index contributed by atoms with van der Waals surface area (Å²) in [5.74, 6) is -0.0364. The van der Waals surface area contributed by atoms with Gasteiger partial charge in [0.05, 0.1) is 30.3 Å². The Labute approximate surface area is 120 Å². The molecule has 0 radical (unpaired) electrons. The third-order valence-electron chi connectivity index (χ3n) is 3.38. The van der Waals surface area contributed by atoms with E-state index in [0.29, 0.717) is 6.42 Å². The van der Waals surface area contributed by atoms with Gasteiger partial charge in [-0.15, -0.1) is 0 Å². The molecule has 0 unspecified atom stereocenters. The van der Waals surface area contributed by atoms with Gasteiger partial charge in [-0.1, -0.05) is 0 Å². The predicted octanol–water partition coefficient (Wildman–Crippen LogP) is 1.92. The molecule has 0 aliphatic heterocycles. The molecule has 0 aliphatic carbocycles. The highest BCUT2D eigenvalue weighted by Gasteiger charge is 2.10. The number of hydrogen-bond donors (Lipinski definition) is 2. The van der Waals surface area contributed by atoms with Crippen LogP contribution in [0.15, 0.2) is 30.5 Å². The fraction of sp³-hybridized carbons (Fsp3) is 0.200. The summed E-state index contributed by atoms with van der Waals surface area (Å²) in [4.78, 5) is 18.3. The van der Waals surface area contributed by atoms with Gasteiger partial charge in [-0.25, -0.2) is 0 Å². The molecule has 0 bridgehead atoms. The number of hydrogen-bond acceptors (Lipinski definition) is 3. The van der Waals surface area contributed by atoms with Gasteiger partial charge in [0.15, 0.2) is 0 Å². The van der Waals surface area contributed by atoms with E-state index in [4.69, 9.17) is 9.84 Å². The van der Waals surface area contributed by atoms with Crippen molar-refractivity contribution in [1.29, 1.82) is 0 Å². The van der Waals surface area contributed by atoms with Crippen molar-refractivity contribution >= 4 is 27.8 Å².